The zero-order chi connectivity index (χ0) is 108. The van der Waals surface area contributed by atoms with Crippen molar-refractivity contribution >= 4 is 69.0 Å². The van der Waals surface area contributed by atoms with Crippen molar-refractivity contribution < 1.29 is 135 Å². The fraction of sp³-hybridized carbons (Fsp3) is 0.600. The third-order valence-corrected chi connectivity index (χ3v) is 30.8. The van der Waals surface area contributed by atoms with Crippen LogP contribution in [0.25, 0.3) is 0 Å². The number of hydrogen-bond acceptors (Lipinski definition) is 15. The summed E-state index contributed by atoms with van der Waals surface area (Å²) >= 11 is 0. The molecule has 8 aromatic carbocycles. The molecule has 0 saturated heterocycles. The van der Waals surface area contributed by atoms with Gasteiger partial charge in [-0.3, -0.25) is 4.89 Å². The van der Waals surface area contributed by atoms with Crippen LogP contribution in [0.2, 0.25) is 0 Å². The summed E-state index contributed by atoms with van der Waals surface area (Å²) in [6.45, 7) is 111. The molecule has 0 bridgehead atoms. The number of phosphoric acid groups is 4. The molecule has 4 heterocycles. The monoisotopic (exact) mass is 2090 g/mol. The van der Waals surface area contributed by atoms with E-state index in [9.17, 15) is 37.8 Å². The molecule has 0 saturated carbocycles. The first kappa shape index (κ1) is 128. The van der Waals surface area contributed by atoms with Crippen LogP contribution in [0.1, 0.15) is 504 Å². The van der Waals surface area contributed by atoms with Crippen molar-refractivity contribution in [1.82, 2.24) is 0 Å². The Kier molecular flexibility index (Phi) is 37.7. The van der Waals surface area contributed by atoms with E-state index >= 15 is 0 Å². The maximum absolute atomic E-state index is 13.6. The Labute approximate surface area is 941 Å². The molecule has 0 amide bonds. The molecule has 778 valence electrons. The van der Waals surface area contributed by atoms with E-state index in [1.54, 1.807) is 0 Å². The van der Waals surface area contributed by atoms with Crippen LogP contribution in [0.4, 0.5) is 0 Å². The Morgan fingerprint density at radius 3 is 0.587 bits per heavy atom. The van der Waals surface area contributed by atoms with Crippen molar-refractivity contribution in [3.05, 3.63) is 230 Å². The molecule has 1 N–H and O–H groups in total. The van der Waals surface area contributed by atoms with Gasteiger partial charge in [-0.25, -0.2) is 18.3 Å². The summed E-state index contributed by atoms with van der Waals surface area (Å²) in [7, 11) is -18.6. The van der Waals surface area contributed by atoms with E-state index in [1.807, 2.05) is 0 Å². The summed E-state index contributed by atoms with van der Waals surface area (Å²) in [5.74, 6) is 3.13. The topological polar surface area (TPSA) is 232 Å². The summed E-state index contributed by atoms with van der Waals surface area (Å²) < 4.78 is 100. The first-order chi connectivity index (χ1) is 62.1. The molecule has 4 aliphatic heterocycles. The average molecular weight is 2090 g/mol. The predicted octanol–water partition coefficient (Wildman–Crippen LogP) is 26.9. The van der Waals surface area contributed by atoms with Crippen LogP contribution < -0.4 is 110 Å². The molecule has 0 aromatic heterocycles. The van der Waals surface area contributed by atoms with E-state index in [0.717, 1.165) is 122 Å². The van der Waals surface area contributed by atoms with E-state index in [4.69, 9.17) is 36.2 Å². The fourth-order valence-corrected chi connectivity index (χ4v) is 22.6. The molecule has 0 unspecified atom stereocenters. The van der Waals surface area contributed by atoms with Gasteiger partial charge < -0.3 is 52.3 Å². The summed E-state index contributed by atoms with van der Waals surface area (Å²) in [6.07, 6.45) is 1.09. The van der Waals surface area contributed by atoms with E-state index < -0.39 is 31.3 Å². The van der Waals surface area contributed by atoms with Gasteiger partial charge in [0.1, 0.15) is 46.0 Å². The van der Waals surface area contributed by atoms with Crippen LogP contribution in [0, 0.1) is 13.8 Å². The first-order valence-corrected chi connectivity index (χ1v) is 56.3. The van der Waals surface area contributed by atoms with Crippen LogP contribution in [-0.2, 0) is 118 Å². The van der Waals surface area contributed by atoms with Gasteiger partial charge in [-0.2, -0.15) is 0 Å². The molecule has 16 nitrogen and oxygen atoms in total. The third-order valence-electron chi connectivity index (χ3n) is 27.5. The van der Waals surface area contributed by atoms with Crippen LogP contribution in [0.15, 0.2) is 84.9 Å². The van der Waals surface area contributed by atoms with Crippen molar-refractivity contribution in [2.45, 2.75) is 471 Å². The van der Waals surface area contributed by atoms with Gasteiger partial charge in [-0.1, -0.05) is 431 Å². The van der Waals surface area contributed by atoms with Crippen molar-refractivity contribution in [3.8, 4) is 46.0 Å². The second-order valence-corrected chi connectivity index (χ2v) is 62.0. The Hall–Kier alpha value is -3.82. The minimum atomic E-state index is -4.74. The quantitative estimate of drug-likeness (QED) is 0.110. The van der Waals surface area contributed by atoms with Crippen LogP contribution in [-0.4, -0.2) is 42.6 Å². The molecule has 0 fully saturated rings. The predicted molar refractivity (Wildman–Crippen MR) is 585 cm³/mol. The smallest absolute Gasteiger partial charge is 1.00 e. The van der Waals surface area contributed by atoms with E-state index in [0.29, 0.717) is 58.8 Å². The second kappa shape index (κ2) is 42.2. The summed E-state index contributed by atoms with van der Waals surface area (Å²) in [6, 6.07) is 29.7. The van der Waals surface area contributed by atoms with Crippen molar-refractivity contribution in [3.63, 3.8) is 0 Å². The van der Waals surface area contributed by atoms with Gasteiger partial charge in [0.2, 0.25) is 0 Å². The van der Waals surface area contributed by atoms with E-state index in [2.05, 4.69) is 445 Å². The first-order valence-electron chi connectivity index (χ1n) is 50.4. The Morgan fingerprint density at radius 1 is 0.238 bits per heavy atom. The zero-order valence-corrected chi connectivity index (χ0v) is 109. The van der Waals surface area contributed by atoms with Gasteiger partial charge in [-0.15, -0.1) is 0 Å². The largest absolute Gasteiger partial charge is 2.00 e. The van der Waals surface area contributed by atoms with Crippen molar-refractivity contribution in [2.75, 3.05) is 0 Å². The minimum Gasteiger partial charge on any atom is -1.00 e. The number of hydrogen-bond donors (Lipinski definition) is 1. The van der Waals surface area contributed by atoms with Gasteiger partial charge in [-0.05, 0) is 178 Å². The van der Waals surface area contributed by atoms with Crippen LogP contribution >= 0.6 is 31.3 Å². The van der Waals surface area contributed by atoms with E-state index in [-0.39, 0.29) is 197 Å². The second-order valence-electron chi connectivity index (χ2n) is 56.9. The molecule has 143 heavy (non-hydrogen) atoms. The third kappa shape index (κ3) is 30.0. The molecule has 0 radical (unpaired) electrons. The van der Waals surface area contributed by atoms with Crippen molar-refractivity contribution in [2.24, 2.45) is 0 Å². The summed E-state index contributed by atoms with van der Waals surface area (Å²) in [5, 5.41) is 0. The molecule has 0 aliphatic carbocycles. The van der Waals surface area contributed by atoms with E-state index in [1.165, 1.54) is 22.3 Å². The normalized spacial score (nSPS) is 18.4. The Morgan fingerprint density at radius 2 is 0.399 bits per heavy atom. The molecule has 4 aliphatic rings. The Bertz CT molecular complexity index is 5760. The SMILES string of the molecule is CC(C)(C)c1cc2c(c(C(C)(C)C)c1)OP(=O)(O)Oc1c(cc(C(C)(C)C)cc1C(C)(C)C)C2.CC(C)(C)c1cc2c(c(C(C)(C)C)c1)OP(=O)([O-])Oc1c(cc(C(C)(C)C)cc1C(C)(C)C)C2.CC1c2cc(C(C)(C)C)cc(C(C)(C)C)c2OP(=O)([O-])Oc2c1cc(C(C)(C)C)cc2C(C)(C)C.Cc1c(C(C)(C)C)cc(C(C)(C)C)c2c1C(C)c1c(C)c(C(C)(C)C)cc(C(C)(C)C)c1OP(=O)([O-])O2.[Ca+2].[H-].[Na+].[Na+]. The average Bonchev–Trinajstić information content (AvgIpc) is 0.734. The van der Waals surface area contributed by atoms with Crippen LogP contribution in [0.3, 0.4) is 0 Å². The summed E-state index contributed by atoms with van der Waals surface area (Å²) in [5.41, 5.74) is 22.6. The minimum absolute atomic E-state index is 0. The fourth-order valence-electron chi connectivity index (χ4n) is 19.0. The molecule has 0 atom stereocenters. The van der Waals surface area contributed by atoms with Crippen LogP contribution in [0.5, 0.6) is 46.0 Å². The molecule has 0 spiro atoms. The Balaban J connectivity index is 0.000000335. The maximum atomic E-state index is 13.6. The molecular weight excluding hydrogens is 1910 g/mol. The number of rotatable bonds is 0. The molecule has 23 heteroatoms. The summed E-state index contributed by atoms with van der Waals surface area (Å²) in [4.78, 5) is 51.1. The van der Waals surface area contributed by atoms with Gasteiger partial charge in [0.05, 0.1) is 0 Å². The van der Waals surface area contributed by atoms with Gasteiger partial charge in [0, 0.05) is 91.4 Å². The van der Waals surface area contributed by atoms with Gasteiger partial charge >= 0.3 is 128 Å². The zero-order valence-electron chi connectivity index (χ0n) is 99.7. The standard InChI is InChI=1S/C32H49O4P.C30H45O4P.2C29H43O4P.Ca.2Na.H/c1-18-21(29(4,5)6)16-23(31(10,11)12)27-25(18)20(3)26-19(2)22(30(7,8)9)17-24(32(13,14)15)28(26)36-37(33,34)35-27;1-18-21-14-19(27(2,3)4)16-23(29(8,9)10)25(21)33-35(31,32)34-26-22(18)15-20(28(5,6)7)17-24(26)30(11,12)13;2*1-26(2,3)20-14-18-13-19-15-21(27(4,5)6)17-23(29(10,11)12)25(19)33-34(30,31)32-24(18)22(16-20)28(7,8)9;;;;/h16-17,20H,1-15H3,(H,33,34);14-18H,1-13H3,(H,31,32);2*14-17H,13H2,1-12H3,(H,30,31);;;;/q;;;;+2;2*+1;-1/p-3. The number of phosphoric ester groups is 4. The molecule has 12 rings (SSSR count). The maximum Gasteiger partial charge on any atom is 2.00 e. The number of fused-ring (bicyclic) bond motifs is 8. The van der Waals surface area contributed by atoms with Gasteiger partial charge in [0.15, 0.2) is 0 Å². The van der Waals surface area contributed by atoms with Crippen molar-refractivity contribution in [1.29, 1.82) is 0 Å². The number of benzene rings is 8. The molecular formula is C120H178CaNa2O16P4. The molecule has 8 aromatic rings. The van der Waals surface area contributed by atoms with Gasteiger partial charge in [0.25, 0.3) is 0 Å².